The summed E-state index contributed by atoms with van der Waals surface area (Å²) in [5, 5.41) is 14.5. The Labute approximate surface area is 146 Å². The van der Waals surface area contributed by atoms with Gasteiger partial charge in [0.1, 0.15) is 24.1 Å². The normalized spacial score (nSPS) is 22.3. The molecule has 3 atom stereocenters. The number of rotatable bonds is 6. The minimum atomic E-state index is -4.53. The largest absolute Gasteiger partial charge is 0.408 e. The number of halogens is 5. The first-order valence-electron chi connectivity index (χ1n) is 8.17. The molecule has 0 fully saturated rings. The summed E-state index contributed by atoms with van der Waals surface area (Å²) in [7, 11) is 0. The van der Waals surface area contributed by atoms with Crippen LogP contribution in [0.25, 0.3) is 5.57 Å². The van der Waals surface area contributed by atoms with Crippen LogP contribution in [-0.4, -0.2) is 51.1 Å². The Morgan fingerprint density at radius 2 is 1.88 bits per heavy atom. The molecule has 26 heavy (non-hydrogen) atoms. The van der Waals surface area contributed by atoms with Crippen LogP contribution in [0.5, 0.6) is 0 Å². The lowest BCUT2D eigenvalue weighted by Gasteiger charge is -2.23. The van der Waals surface area contributed by atoms with E-state index in [9.17, 15) is 27.1 Å². The molecule has 3 N–H and O–H groups in total. The second kappa shape index (κ2) is 8.11. The van der Waals surface area contributed by atoms with Crippen molar-refractivity contribution in [1.29, 1.82) is 0 Å². The molecule has 0 aliphatic heterocycles. The van der Waals surface area contributed by atoms with Crippen molar-refractivity contribution >= 4 is 17.5 Å². The van der Waals surface area contributed by atoms with E-state index in [4.69, 9.17) is 0 Å². The summed E-state index contributed by atoms with van der Waals surface area (Å²) >= 11 is 0. The van der Waals surface area contributed by atoms with Crippen LogP contribution in [0.3, 0.4) is 0 Å². The molecule has 1 aromatic heterocycles. The standard InChI is InChI=1S/C15H20F5N5O/c1-3-6-21-13-23-12(8-4-5-9(16)11(26)10(8)17)24-14(25-13)22-7(2)15(18,19)20/h7,9,11,26H,3-6H2,1-2H3,(H2,21,22,23,24,25)/t7-,9-,11?/m1/s1. The monoisotopic (exact) mass is 381 g/mol. The number of nitrogens with one attached hydrogen (secondary N) is 2. The summed E-state index contributed by atoms with van der Waals surface area (Å²) in [4.78, 5) is 11.7. The highest BCUT2D eigenvalue weighted by atomic mass is 19.4. The third kappa shape index (κ3) is 4.77. The second-order valence-corrected chi connectivity index (χ2v) is 5.97. The molecule has 0 saturated heterocycles. The first-order valence-corrected chi connectivity index (χ1v) is 8.17. The maximum atomic E-state index is 14.2. The average molecular weight is 381 g/mol. The first-order chi connectivity index (χ1) is 12.1. The summed E-state index contributed by atoms with van der Waals surface area (Å²) in [6.45, 7) is 3.19. The molecule has 146 valence electrons. The molecule has 1 aliphatic carbocycles. The van der Waals surface area contributed by atoms with Gasteiger partial charge in [0.05, 0.1) is 0 Å². The predicted octanol–water partition coefficient (Wildman–Crippen LogP) is 3.23. The fraction of sp³-hybridized carbons (Fsp3) is 0.667. The molecule has 0 spiro atoms. The molecule has 0 saturated carbocycles. The zero-order valence-electron chi connectivity index (χ0n) is 14.2. The molecule has 0 amide bonds. The van der Waals surface area contributed by atoms with Gasteiger partial charge in [-0.3, -0.25) is 0 Å². The van der Waals surface area contributed by atoms with Gasteiger partial charge in [-0.05, 0) is 26.2 Å². The van der Waals surface area contributed by atoms with Crippen molar-refractivity contribution in [3.8, 4) is 0 Å². The molecule has 2 rings (SSSR count). The van der Waals surface area contributed by atoms with Crippen LogP contribution in [0.2, 0.25) is 0 Å². The zero-order chi connectivity index (χ0) is 19.5. The molecule has 0 bridgehead atoms. The van der Waals surface area contributed by atoms with E-state index in [2.05, 4.69) is 25.6 Å². The van der Waals surface area contributed by atoms with Crippen LogP contribution in [0.1, 0.15) is 38.9 Å². The van der Waals surface area contributed by atoms with E-state index in [1.54, 1.807) is 0 Å². The third-order valence-corrected chi connectivity index (χ3v) is 3.84. The highest BCUT2D eigenvalue weighted by Crippen LogP contribution is 2.34. The Hall–Kier alpha value is -2.04. The minimum Gasteiger partial charge on any atom is -0.383 e. The number of aliphatic hydroxyl groups excluding tert-OH is 1. The summed E-state index contributed by atoms with van der Waals surface area (Å²) in [6, 6.07) is -1.94. The number of aliphatic hydroxyl groups is 1. The Morgan fingerprint density at radius 3 is 2.50 bits per heavy atom. The second-order valence-electron chi connectivity index (χ2n) is 5.97. The molecule has 1 heterocycles. The van der Waals surface area contributed by atoms with E-state index in [1.165, 1.54) is 0 Å². The van der Waals surface area contributed by atoms with E-state index in [0.717, 1.165) is 6.92 Å². The number of anilines is 2. The molecule has 1 aromatic rings. The van der Waals surface area contributed by atoms with Crippen LogP contribution in [0.15, 0.2) is 5.83 Å². The fourth-order valence-corrected chi connectivity index (χ4v) is 2.28. The number of alkyl halides is 4. The van der Waals surface area contributed by atoms with Gasteiger partial charge in [0.25, 0.3) is 0 Å². The summed E-state index contributed by atoms with van der Waals surface area (Å²) < 4.78 is 65.9. The maximum Gasteiger partial charge on any atom is 0.408 e. The van der Waals surface area contributed by atoms with Crippen molar-refractivity contribution in [2.75, 3.05) is 17.2 Å². The zero-order valence-corrected chi connectivity index (χ0v) is 14.2. The Bertz CT molecular complexity index is 666. The van der Waals surface area contributed by atoms with Gasteiger partial charge in [0.2, 0.25) is 11.9 Å². The van der Waals surface area contributed by atoms with Gasteiger partial charge >= 0.3 is 6.18 Å². The van der Waals surface area contributed by atoms with Gasteiger partial charge in [0.15, 0.2) is 5.82 Å². The van der Waals surface area contributed by atoms with Crippen molar-refractivity contribution in [1.82, 2.24) is 15.0 Å². The van der Waals surface area contributed by atoms with E-state index < -0.39 is 36.3 Å². The Kier molecular flexibility index (Phi) is 6.32. The third-order valence-electron chi connectivity index (χ3n) is 3.84. The van der Waals surface area contributed by atoms with Gasteiger partial charge in [-0.15, -0.1) is 0 Å². The van der Waals surface area contributed by atoms with Crippen LogP contribution in [0.4, 0.5) is 33.8 Å². The number of aromatic nitrogens is 3. The lowest BCUT2D eigenvalue weighted by molar-refractivity contribution is -0.138. The Balaban J connectivity index is 2.40. The maximum absolute atomic E-state index is 14.2. The molecular formula is C15H20F5N5O. The molecule has 11 heteroatoms. The highest BCUT2D eigenvalue weighted by Gasteiger charge is 2.37. The number of hydrogen-bond acceptors (Lipinski definition) is 6. The summed E-state index contributed by atoms with van der Waals surface area (Å²) in [5.41, 5.74) is -0.143. The topological polar surface area (TPSA) is 83.0 Å². The van der Waals surface area contributed by atoms with Gasteiger partial charge < -0.3 is 15.7 Å². The molecular weight excluding hydrogens is 361 g/mol. The quantitative estimate of drug-likeness (QED) is 0.657. The van der Waals surface area contributed by atoms with Crippen molar-refractivity contribution in [3.05, 3.63) is 11.7 Å². The molecule has 0 aromatic carbocycles. The van der Waals surface area contributed by atoms with Crippen molar-refractivity contribution in [2.45, 2.75) is 57.6 Å². The van der Waals surface area contributed by atoms with Crippen LogP contribution >= 0.6 is 0 Å². The SMILES string of the molecule is CCCNc1nc(N[C@H](C)C(F)(F)F)nc(C2=C(F)C(O)[C@H](F)CC2)n1. The van der Waals surface area contributed by atoms with Gasteiger partial charge in [-0.2, -0.15) is 28.1 Å². The van der Waals surface area contributed by atoms with E-state index in [-0.39, 0.29) is 30.2 Å². The molecule has 1 unspecified atom stereocenters. The number of allylic oxidation sites excluding steroid dienone is 1. The lowest BCUT2D eigenvalue weighted by Crippen LogP contribution is -2.34. The van der Waals surface area contributed by atoms with Crippen molar-refractivity contribution in [3.63, 3.8) is 0 Å². The van der Waals surface area contributed by atoms with Crippen LogP contribution < -0.4 is 10.6 Å². The van der Waals surface area contributed by atoms with Gasteiger partial charge in [0, 0.05) is 12.1 Å². The predicted molar refractivity (Wildman–Crippen MR) is 85.9 cm³/mol. The smallest absolute Gasteiger partial charge is 0.383 e. The minimum absolute atomic E-state index is 0.0362. The fourth-order valence-electron chi connectivity index (χ4n) is 2.28. The van der Waals surface area contributed by atoms with Crippen molar-refractivity contribution < 1.29 is 27.1 Å². The first kappa shape index (κ1) is 20.3. The van der Waals surface area contributed by atoms with Crippen LogP contribution in [0, 0.1) is 0 Å². The van der Waals surface area contributed by atoms with Gasteiger partial charge in [-0.25, -0.2) is 8.78 Å². The van der Waals surface area contributed by atoms with Crippen molar-refractivity contribution in [2.24, 2.45) is 0 Å². The molecule has 1 aliphatic rings. The number of hydrogen-bond donors (Lipinski definition) is 3. The highest BCUT2D eigenvalue weighted by molar-refractivity contribution is 5.65. The van der Waals surface area contributed by atoms with E-state index in [0.29, 0.717) is 13.0 Å². The summed E-state index contributed by atoms with van der Waals surface area (Å²) in [5.74, 6) is -1.79. The molecule has 0 radical (unpaired) electrons. The van der Waals surface area contributed by atoms with Gasteiger partial charge in [-0.1, -0.05) is 6.92 Å². The molecule has 6 nitrogen and oxygen atoms in total. The average Bonchev–Trinajstić information content (AvgIpc) is 2.57. The van der Waals surface area contributed by atoms with E-state index in [1.807, 2.05) is 6.92 Å². The summed E-state index contributed by atoms with van der Waals surface area (Å²) in [6.07, 6.45) is -7.75. The van der Waals surface area contributed by atoms with Crippen LogP contribution in [-0.2, 0) is 0 Å². The number of nitrogens with zero attached hydrogens (tertiary/aromatic N) is 3. The van der Waals surface area contributed by atoms with E-state index >= 15 is 0 Å². The Morgan fingerprint density at radius 1 is 1.23 bits per heavy atom. The lowest BCUT2D eigenvalue weighted by atomic mass is 9.94.